The second-order valence-corrected chi connectivity index (χ2v) is 7.56. The maximum atomic E-state index is 12.3. The van der Waals surface area contributed by atoms with Gasteiger partial charge in [0, 0.05) is 6.04 Å². The zero-order chi connectivity index (χ0) is 17.8. The van der Waals surface area contributed by atoms with Crippen LogP contribution in [0.2, 0.25) is 0 Å². The summed E-state index contributed by atoms with van der Waals surface area (Å²) in [5.74, 6) is 1.62. The molecule has 1 heterocycles. The Labute approximate surface area is 151 Å². The summed E-state index contributed by atoms with van der Waals surface area (Å²) in [6.07, 6.45) is 3.46. The van der Waals surface area contributed by atoms with Crippen LogP contribution in [0.4, 0.5) is 0 Å². The molecule has 2 aromatic rings. The van der Waals surface area contributed by atoms with E-state index in [-0.39, 0.29) is 23.5 Å². The van der Waals surface area contributed by atoms with Crippen LogP contribution < -0.4 is 5.32 Å². The molecule has 1 aliphatic carbocycles. The molecule has 134 valence electrons. The number of tetrazole rings is 1. The molecule has 1 aromatic carbocycles. The number of carbonyl (C=O) groups is 1. The van der Waals surface area contributed by atoms with E-state index in [1.807, 2.05) is 0 Å². The number of amides is 1. The summed E-state index contributed by atoms with van der Waals surface area (Å²) in [4.78, 5) is 12.3. The molecule has 0 aliphatic heterocycles. The first-order chi connectivity index (χ1) is 12.0. The number of nitrogens with zero attached hydrogens (tertiary/aromatic N) is 4. The third-order valence-corrected chi connectivity index (χ3v) is 5.84. The van der Waals surface area contributed by atoms with Gasteiger partial charge >= 0.3 is 0 Å². The van der Waals surface area contributed by atoms with Crippen LogP contribution in [0.25, 0.3) is 5.69 Å². The van der Waals surface area contributed by atoms with Gasteiger partial charge in [0.1, 0.15) is 5.75 Å². The molecule has 7 nitrogen and oxygen atoms in total. The highest BCUT2D eigenvalue weighted by molar-refractivity contribution is 7.99. The van der Waals surface area contributed by atoms with Crippen LogP contribution in [0.3, 0.4) is 0 Å². The van der Waals surface area contributed by atoms with E-state index in [1.54, 1.807) is 28.9 Å². The molecule has 0 bridgehead atoms. The number of hydrogen-bond acceptors (Lipinski definition) is 6. The molecular weight excluding hydrogens is 338 g/mol. The topological polar surface area (TPSA) is 92.9 Å². The summed E-state index contributed by atoms with van der Waals surface area (Å²) in [7, 11) is 0. The van der Waals surface area contributed by atoms with Crippen molar-refractivity contribution in [3.63, 3.8) is 0 Å². The van der Waals surface area contributed by atoms with E-state index < -0.39 is 0 Å². The Bertz CT molecular complexity index is 718. The number of aromatic nitrogens is 4. The van der Waals surface area contributed by atoms with Crippen LogP contribution in [-0.2, 0) is 4.79 Å². The molecule has 8 heteroatoms. The van der Waals surface area contributed by atoms with Crippen molar-refractivity contribution in [3.05, 3.63) is 24.3 Å². The van der Waals surface area contributed by atoms with Crippen LogP contribution in [-0.4, -0.2) is 43.0 Å². The predicted molar refractivity (Wildman–Crippen MR) is 95.7 cm³/mol. The summed E-state index contributed by atoms with van der Waals surface area (Å²) in [6, 6.07) is 6.85. The molecule has 3 rings (SSSR count). The van der Waals surface area contributed by atoms with Gasteiger partial charge in [-0.05, 0) is 52.9 Å². The van der Waals surface area contributed by atoms with Gasteiger partial charge in [0.25, 0.3) is 0 Å². The number of benzene rings is 1. The summed E-state index contributed by atoms with van der Waals surface area (Å²) in [5.41, 5.74) is 0.737. The number of carbonyl (C=O) groups excluding carboxylic acids is 1. The first kappa shape index (κ1) is 17.7. The van der Waals surface area contributed by atoms with Crippen LogP contribution >= 0.6 is 11.8 Å². The van der Waals surface area contributed by atoms with Crippen LogP contribution in [0.15, 0.2) is 29.4 Å². The van der Waals surface area contributed by atoms with Crippen LogP contribution in [0, 0.1) is 11.8 Å². The van der Waals surface area contributed by atoms with E-state index in [2.05, 4.69) is 34.7 Å². The SMILES string of the molecule is C[C@@H]1[C@H](C)CCC[C@H]1NC(=O)CSc1nnnn1-c1ccc(O)cc1. The Morgan fingerprint density at radius 3 is 2.84 bits per heavy atom. The van der Waals surface area contributed by atoms with Gasteiger partial charge in [0.05, 0.1) is 11.4 Å². The third-order valence-electron chi connectivity index (χ3n) is 4.92. The van der Waals surface area contributed by atoms with Crippen molar-refractivity contribution in [2.24, 2.45) is 11.8 Å². The Morgan fingerprint density at radius 1 is 1.32 bits per heavy atom. The fraction of sp³-hybridized carbons (Fsp3) is 0.529. The lowest BCUT2D eigenvalue weighted by Crippen LogP contribution is -2.44. The average Bonchev–Trinajstić information content (AvgIpc) is 3.06. The van der Waals surface area contributed by atoms with E-state index in [4.69, 9.17) is 0 Å². The number of rotatable bonds is 5. The van der Waals surface area contributed by atoms with Crippen molar-refractivity contribution < 1.29 is 9.90 Å². The van der Waals surface area contributed by atoms with E-state index in [0.717, 1.165) is 12.1 Å². The molecule has 0 radical (unpaired) electrons. The minimum Gasteiger partial charge on any atom is -0.508 e. The molecule has 1 aliphatic rings. The highest BCUT2D eigenvalue weighted by Gasteiger charge is 2.28. The quantitative estimate of drug-likeness (QED) is 0.795. The van der Waals surface area contributed by atoms with Gasteiger partial charge < -0.3 is 10.4 Å². The van der Waals surface area contributed by atoms with Gasteiger partial charge in [-0.3, -0.25) is 4.79 Å². The number of thioether (sulfide) groups is 1. The summed E-state index contributed by atoms with van der Waals surface area (Å²) >= 11 is 1.30. The Morgan fingerprint density at radius 2 is 2.08 bits per heavy atom. The Kier molecular flexibility index (Phi) is 5.57. The van der Waals surface area contributed by atoms with Crippen LogP contribution in [0.1, 0.15) is 33.1 Å². The average molecular weight is 361 g/mol. The zero-order valence-corrected chi connectivity index (χ0v) is 15.2. The Balaban J connectivity index is 1.58. The van der Waals surface area contributed by atoms with E-state index in [1.165, 1.54) is 24.6 Å². The maximum Gasteiger partial charge on any atom is 0.230 e. The van der Waals surface area contributed by atoms with Gasteiger partial charge in [-0.25, -0.2) is 0 Å². The summed E-state index contributed by atoms with van der Waals surface area (Å²) in [6.45, 7) is 4.47. The van der Waals surface area contributed by atoms with Crippen molar-refractivity contribution in [1.29, 1.82) is 0 Å². The number of hydrogen-bond donors (Lipinski definition) is 2. The molecule has 0 spiro atoms. The maximum absolute atomic E-state index is 12.3. The molecule has 1 amide bonds. The van der Waals surface area contributed by atoms with E-state index in [0.29, 0.717) is 17.0 Å². The molecule has 1 saturated carbocycles. The summed E-state index contributed by atoms with van der Waals surface area (Å²) in [5, 5.41) is 24.7. The van der Waals surface area contributed by atoms with Crippen molar-refractivity contribution >= 4 is 17.7 Å². The summed E-state index contributed by atoms with van der Waals surface area (Å²) < 4.78 is 1.56. The number of phenolic OH excluding ortho intramolecular Hbond substituents is 1. The van der Waals surface area contributed by atoms with Crippen molar-refractivity contribution in [3.8, 4) is 11.4 Å². The molecule has 2 N–H and O–H groups in total. The van der Waals surface area contributed by atoms with E-state index in [9.17, 15) is 9.90 Å². The highest BCUT2D eigenvalue weighted by atomic mass is 32.2. The second kappa shape index (κ2) is 7.86. The molecule has 0 unspecified atom stereocenters. The van der Waals surface area contributed by atoms with Crippen molar-refractivity contribution in [2.75, 3.05) is 5.75 Å². The lowest BCUT2D eigenvalue weighted by Gasteiger charge is -2.34. The van der Waals surface area contributed by atoms with Crippen LogP contribution in [0.5, 0.6) is 5.75 Å². The van der Waals surface area contributed by atoms with Gasteiger partial charge in [0.2, 0.25) is 11.1 Å². The van der Waals surface area contributed by atoms with Gasteiger partial charge in [-0.1, -0.05) is 38.5 Å². The normalized spacial score (nSPS) is 23.4. The highest BCUT2D eigenvalue weighted by Crippen LogP contribution is 2.29. The minimum absolute atomic E-state index is 0.0104. The third kappa shape index (κ3) is 4.31. The lowest BCUT2D eigenvalue weighted by atomic mass is 9.78. The van der Waals surface area contributed by atoms with Gasteiger partial charge in [-0.15, -0.1) is 5.10 Å². The fourth-order valence-corrected chi connectivity index (χ4v) is 3.89. The van der Waals surface area contributed by atoms with Crippen molar-refractivity contribution in [2.45, 2.75) is 44.3 Å². The number of aromatic hydroxyl groups is 1. The smallest absolute Gasteiger partial charge is 0.230 e. The molecule has 1 aromatic heterocycles. The molecule has 3 atom stereocenters. The van der Waals surface area contributed by atoms with Gasteiger partial charge in [0.15, 0.2) is 0 Å². The number of nitrogens with one attached hydrogen (secondary N) is 1. The number of phenols is 1. The Hall–Kier alpha value is -2.09. The minimum atomic E-state index is 0.0104. The largest absolute Gasteiger partial charge is 0.508 e. The molecular formula is C17H23N5O2S. The fourth-order valence-electron chi connectivity index (χ4n) is 3.19. The van der Waals surface area contributed by atoms with Crippen molar-refractivity contribution in [1.82, 2.24) is 25.5 Å². The standard InChI is InChI=1S/C17H23N5O2S/c1-11-4-3-5-15(12(11)2)18-16(24)10-25-17-19-20-21-22(17)13-6-8-14(23)9-7-13/h6-9,11-12,15,23H,3-5,10H2,1-2H3,(H,18,24)/t11-,12-,15-/m1/s1. The lowest BCUT2D eigenvalue weighted by molar-refractivity contribution is -0.120. The van der Waals surface area contributed by atoms with E-state index >= 15 is 0 Å². The first-order valence-corrected chi connectivity index (χ1v) is 9.53. The first-order valence-electron chi connectivity index (χ1n) is 8.54. The molecule has 25 heavy (non-hydrogen) atoms. The molecule has 1 fully saturated rings. The monoisotopic (exact) mass is 361 g/mol. The zero-order valence-electron chi connectivity index (χ0n) is 14.4. The second-order valence-electron chi connectivity index (χ2n) is 6.62. The van der Waals surface area contributed by atoms with Gasteiger partial charge in [-0.2, -0.15) is 4.68 Å². The predicted octanol–water partition coefficient (Wildman–Crippen LogP) is 2.40. The molecule has 0 saturated heterocycles.